The van der Waals surface area contributed by atoms with Crippen molar-refractivity contribution in [2.75, 3.05) is 39.6 Å². The third-order valence-electron chi connectivity index (χ3n) is 3.81. The molecule has 2 aliphatic heterocycles. The molecular weight excluding hydrogens is 328 g/mol. The SMILES string of the molecule is CCOc1ccc(/C=C2\SC(=O)N(CN3CCOCC3)C2=O)cc1. The van der Waals surface area contributed by atoms with Crippen LogP contribution in [0.25, 0.3) is 6.08 Å². The van der Waals surface area contributed by atoms with Gasteiger partial charge in [0.05, 0.1) is 31.4 Å². The molecule has 2 amide bonds. The van der Waals surface area contributed by atoms with E-state index in [1.807, 2.05) is 31.2 Å². The normalized spacial score (nSPS) is 20.9. The summed E-state index contributed by atoms with van der Waals surface area (Å²) in [6.45, 7) is 5.61. The number of thioether (sulfide) groups is 1. The molecule has 2 saturated heterocycles. The van der Waals surface area contributed by atoms with Crippen molar-refractivity contribution in [3.63, 3.8) is 0 Å². The summed E-state index contributed by atoms with van der Waals surface area (Å²) < 4.78 is 10.7. The predicted octanol–water partition coefficient (Wildman–Crippen LogP) is 2.41. The lowest BCUT2D eigenvalue weighted by atomic mass is 10.2. The number of hydrogen-bond donors (Lipinski definition) is 0. The van der Waals surface area contributed by atoms with Gasteiger partial charge in [-0.1, -0.05) is 12.1 Å². The quantitative estimate of drug-likeness (QED) is 0.762. The highest BCUT2D eigenvalue weighted by Gasteiger charge is 2.36. The summed E-state index contributed by atoms with van der Waals surface area (Å²) in [6.07, 6.45) is 1.75. The van der Waals surface area contributed by atoms with Crippen LogP contribution in [-0.2, 0) is 9.53 Å². The monoisotopic (exact) mass is 348 g/mol. The van der Waals surface area contributed by atoms with Gasteiger partial charge in [-0.3, -0.25) is 19.4 Å². The molecule has 1 aromatic carbocycles. The van der Waals surface area contributed by atoms with Crippen molar-refractivity contribution in [1.29, 1.82) is 0 Å². The Labute approximate surface area is 145 Å². The van der Waals surface area contributed by atoms with Gasteiger partial charge in [-0.15, -0.1) is 0 Å². The Balaban J connectivity index is 1.68. The lowest BCUT2D eigenvalue weighted by Gasteiger charge is -2.29. The number of imide groups is 1. The standard InChI is InChI=1S/C17H20N2O4S/c1-2-23-14-5-3-13(4-6-14)11-15-16(20)19(17(21)24-15)12-18-7-9-22-10-8-18/h3-6,11H,2,7-10,12H2,1H3/b15-11-. The Morgan fingerprint density at radius 3 is 2.58 bits per heavy atom. The summed E-state index contributed by atoms with van der Waals surface area (Å²) in [6, 6.07) is 7.46. The second kappa shape index (κ2) is 7.83. The molecule has 0 aliphatic carbocycles. The Kier molecular flexibility index (Phi) is 5.55. The van der Waals surface area contributed by atoms with Gasteiger partial charge < -0.3 is 9.47 Å². The molecule has 2 aliphatic rings. The summed E-state index contributed by atoms with van der Waals surface area (Å²) >= 11 is 0.989. The van der Waals surface area contributed by atoms with Crippen molar-refractivity contribution in [2.45, 2.75) is 6.92 Å². The molecule has 6 nitrogen and oxygen atoms in total. The number of carbonyl (C=O) groups excluding carboxylic acids is 2. The van der Waals surface area contributed by atoms with Gasteiger partial charge in [-0.25, -0.2) is 0 Å². The summed E-state index contributed by atoms with van der Waals surface area (Å²) in [5, 5.41) is -0.219. The zero-order valence-corrected chi connectivity index (χ0v) is 14.4. The van der Waals surface area contributed by atoms with Gasteiger partial charge in [0.2, 0.25) is 0 Å². The highest BCUT2D eigenvalue weighted by Crippen LogP contribution is 2.32. The van der Waals surface area contributed by atoms with E-state index < -0.39 is 0 Å². The molecule has 0 saturated carbocycles. The molecule has 0 unspecified atom stereocenters. The van der Waals surface area contributed by atoms with Crippen LogP contribution in [0.3, 0.4) is 0 Å². The largest absolute Gasteiger partial charge is 0.494 e. The predicted molar refractivity (Wildman–Crippen MR) is 92.7 cm³/mol. The number of hydrogen-bond acceptors (Lipinski definition) is 6. The van der Waals surface area contributed by atoms with Gasteiger partial charge >= 0.3 is 0 Å². The van der Waals surface area contributed by atoms with Crippen LogP contribution in [-0.4, -0.2) is 60.5 Å². The van der Waals surface area contributed by atoms with Crippen molar-refractivity contribution < 1.29 is 19.1 Å². The van der Waals surface area contributed by atoms with Gasteiger partial charge in [-0.05, 0) is 42.5 Å². The zero-order valence-electron chi connectivity index (χ0n) is 13.6. The average Bonchev–Trinajstić information content (AvgIpc) is 2.85. The van der Waals surface area contributed by atoms with E-state index in [9.17, 15) is 9.59 Å². The van der Waals surface area contributed by atoms with Crippen molar-refractivity contribution in [2.24, 2.45) is 0 Å². The van der Waals surface area contributed by atoms with Crippen LogP contribution in [0, 0.1) is 0 Å². The number of benzene rings is 1. The number of carbonyl (C=O) groups is 2. The van der Waals surface area contributed by atoms with E-state index >= 15 is 0 Å². The second-order valence-electron chi connectivity index (χ2n) is 5.48. The highest BCUT2D eigenvalue weighted by molar-refractivity contribution is 8.18. The molecule has 3 rings (SSSR count). The fourth-order valence-corrected chi connectivity index (χ4v) is 3.37. The minimum Gasteiger partial charge on any atom is -0.494 e. The minimum absolute atomic E-state index is 0.219. The third-order valence-corrected chi connectivity index (χ3v) is 4.71. The fraction of sp³-hybridized carbons (Fsp3) is 0.412. The maximum Gasteiger partial charge on any atom is 0.294 e. The summed E-state index contributed by atoms with van der Waals surface area (Å²) in [5.74, 6) is 0.556. The van der Waals surface area contributed by atoms with E-state index in [-0.39, 0.29) is 11.1 Å². The van der Waals surface area contributed by atoms with E-state index in [1.165, 1.54) is 4.90 Å². The Morgan fingerprint density at radius 1 is 1.21 bits per heavy atom. The van der Waals surface area contributed by atoms with Crippen LogP contribution in [0.5, 0.6) is 5.75 Å². The molecule has 0 bridgehead atoms. The maximum absolute atomic E-state index is 12.5. The lowest BCUT2D eigenvalue weighted by molar-refractivity contribution is -0.125. The van der Waals surface area contributed by atoms with E-state index in [4.69, 9.17) is 9.47 Å². The van der Waals surface area contributed by atoms with Gasteiger partial charge in [0.15, 0.2) is 0 Å². The first-order valence-electron chi connectivity index (χ1n) is 7.95. The van der Waals surface area contributed by atoms with Crippen LogP contribution >= 0.6 is 11.8 Å². The van der Waals surface area contributed by atoms with Crippen LogP contribution in [0.15, 0.2) is 29.2 Å². The van der Waals surface area contributed by atoms with Crippen LogP contribution in [0.4, 0.5) is 4.79 Å². The van der Waals surface area contributed by atoms with Crippen LogP contribution in [0.2, 0.25) is 0 Å². The first-order chi connectivity index (χ1) is 11.7. The minimum atomic E-state index is -0.231. The molecule has 0 aromatic heterocycles. The number of nitrogens with zero attached hydrogens (tertiary/aromatic N) is 2. The molecule has 1 aromatic rings. The number of rotatable bonds is 5. The lowest BCUT2D eigenvalue weighted by Crippen LogP contribution is -2.45. The molecule has 2 heterocycles. The molecule has 24 heavy (non-hydrogen) atoms. The number of ether oxygens (including phenoxy) is 2. The zero-order chi connectivity index (χ0) is 16.9. The van der Waals surface area contributed by atoms with E-state index in [1.54, 1.807) is 6.08 Å². The second-order valence-corrected chi connectivity index (χ2v) is 6.48. The molecular formula is C17H20N2O4S. The summed E-state index contributed by atoms with van der Waals surface area (Å²) in [4.78, 5) is 28.5. The first-order valence-corrected chi connectivity index (χ1v) is 8.77. The highest BCUT2D eigenvalue weighted by atomic mass is 32.2. The molecule has 0 radical (unpaired) electrons. The van der Waals surface area contributed by atoms with Gasteiger partial charge in [0, 0.05) is 13.1 Å². The van der Waals surface area contributed by atoms with Crippen molar-refractivity contribution in [3.8, 4) is 5.75 Å². The van der Waals surface area contributed by atoms with Gasteiger partial charge in [0.1, 0.15) is 5.75 Å². The van der Waals surface area contributed by atoms with Crippen molar-refractivity contribution >= 4 is 29.0 Å². The van der Waals surface area contributed by atoms with Crippen LogP contribution in [0.1, 0.15) is 12.5 Å². The molecule has 128 valence electrons. The molecule has 0 spiro atoms. The molecule has 0 atom stereocenters. The van der Waals surface area contributed by atoms with Crippen LogP contribution < -0.4 is 4.74 Å². The topological polar surface area (TPSA) is 59.1 Å². The Morgan fingerprint density at radius 2 is 1.92 bits per heavy atom. The maximum atomic E-state index is 12.5. The first kappa shape index (κ1) is 17.0. The molecule has 2 fully saturated rings. The van der Waals surface area contributed by atoms with Crippen molar-refractivity contribution in [3.05, 3.63) is 34.7 Å². The van der Waals surface area contributed by atoms with Gasteiger partial charge in [0.25, 0.3) is 11.1 Å². The Hall–Kier alpha value is -1.83. The number of morpholine rings is 1. The van der Waals surface area contributed by atoms with E-state index in [0.29, 0.717) is 31.4 Å². The third kappa shape index (κ3) is 3.98. The van der Waals surface area contributed by atoms with Crippen molar-refractivity contribution in [1.82, 2.24) is 9.80 Å². The fourth-order valence-electron chi connectivity index (χ4n) is 2.54. The molecule has 0 N–H and O–H groups in total. The Bertz CT molecular complexity index is 638. The van der Waals surface area contributed by atoms with E-state index in [2.05, 4.69) is 4.90 Å². The average molecular weight is 348 g/mol. The smallest absolute Gasteiger partial charge is 0.294 e. The van der Waals surface area contributed by atoms with E-state index in [0.717, 1.165) is 36.2 Å². The summed E-state index contributed by atoms with van der Waals surface area (Å²) in [5.41, 5.74) is 0.871. The number of amides is 2. The molecule has 7 heteroatoms. The van der Waals surface area contributed by atoms with Gasteiger partial charge in [-0.2, -0.15) is 0 Å². The summed E-state index contributed by atoms with van der Waals surface area (Å²) in [7, 11) is 0.